The van der Waals surface area contributed by atoms with Crippen LogP contribution in [0.2, 0.25) is 45.1 Å². The van der Waals surface area contributed by atoms with Gasteiger partial charge in [-0.05, 0) is 260 Å². The normalized spacial score (nSPS) is 17.0. The Hall–Kier alpha value is -15.7. The van der Waals surface area contributed by atoms with Crippen molar-refractivity contribution in [3.05, 3.63) is 368 Å². The maximum Gasteiger partial charge on any atom is 0.252 e. The van der Waals surface area contributed by atoms with Crippen LogP contribution >= 0.6 is 0 Å². The monoisotopic (exact) mass is 1950 g/mol. The van der Waals surface area contributed by atoms with Crippen LogP contribution in [0.4, 0.5) is 22.7 Å². The predicted octanol–water partition coefficient (Wildman–Crippen LogP) is 27.6. The van der Waals surface area contributed by atoms with Crippen LogP contribution in [-0.4, -0.2) is 89.0 Å². The Balaban J connectivity index is 0.0000000980. The number of ether oxygens (including phenoxy) is 2. The molecule has 24 aromatic rings. The number of hydrogen-bond donors (Lipinski definition) is 0. The molecule has 2 saturated carbocycles. The molecule has 15 heteroatoms. The highest BCUT2D eigenvalue weighted by Gasteiger charge is 2.56. The fourth-order valence-corrected chi connectivity index (χ4v) is 32.9. The van der Waals surface area contributed by atoms with Gasteiger partial charge in [0.1, 0.15) is 17.6 Å². The number of aromatic nitrogens is 6. The summed E-state index contributed by atoms with van der Waals surface area (Å²) in [6, 6.07) is 130. The van der Waals surface area contributed by atoms with Crippen molar-refractivity contribution in [2.45, 2.75) is 147 Å². The highest BCUT2D eigenvalue weighted by Crippen LogP contribution is 2.58. The van der Waals surface area contributed by atoms with Gasteiger partial charge in [-0.15, -0.1) is 0 Å². The summed E-state index contributed by atoms with van der Waals surface area (Å²) in [5, 5.41) is 21.7. The van der Waals surface area contributed by atoms with E-state index in [4.69, 9.17) is 9.47 Å². The lowest BCUT2D eigenvalue weighted by Gasteiger charge is -2.47. The molecule has 0 saturated heterocycles. The van der Waals surface area contributed by atoms with Crippen LogP contribution in [-0.2, 0) is 5.41 Å². The van der Waals surface area contributed by atoms with Crippen molar-refractivity contribution in [1.29, 1.82) is 0 Å². The molecule has 11 aliphatic rings. The molecule has 0 amide bonds. The Morgan fingerprint density at radius 3 is 1.43 bits per heavy atom. The molecule has 35 rings (SSSR count). The van der Waals surface area contributed by atoms with E-state index in [9.17, 15) is 0 Å². The van der Waals surface area contributed by atoms with E-state index >= 15 is 0 Å². The van der Waals surface area contributed by atoms with Gasteiger partial charge < -0.3 is 46.7 Å². The zero-order valence-corrected chi connectivity index (χ0v) is 87.5. The number of nitrogens with zero attached hydrogens (tertiary/aromatic N) is 8. The number of rotatable bonds is 8. The van der Waals surface area contributed by atoms with E-state index in [1.807, 2.05) is 0 Å². The number of benzene rings is 18. The van der Waals surface area contributed by atoms with Gasteiger partial charge in [-0.3, -0.25) is 0 Å². The molecule has 2 fully saturated rings. The molecule has 18 aromatic carbocycles. The van der Waals surface area contributed by atoms with Gasteiger partial charge in [-0.25, -0.2) is 0 Å². The van der Waals surface area contributed by atoms with Crippen molar-refractivity contribution in [2.75, 3.05) is 16.9 Å². The molecule has 3 aliphatic carbocycles. The van der Waals surface area contributed by atoms with Gasteiger partial charge in [0.25, 0.3) is 13.4 Å². The predicted molar refractivity (Wildman–Crippen MR) is 638 cm³/mol. The lowest BCUT2D eigenvalue weighted by molar-refractivity contribution is 0.247. The third-order valence-electron chi connectivity index (χ3n) is 37.1. The van der Waals surface area contributed by atoms with Gasteiger partial charge >= 0.3 is 0 Å². The molecular formula is C134H109B3N8O2Si2. The second kappa shape index (κ2) is 30.5. The van der Waals surface area contributed by atoms with Crippen LogP contribution in [0.3, 0.4) is 0 Å². The van der Waals surface area contributed by atoms with E-state index in [0.29, 0.717) is 12.1 Å². The molecule has 714 valence electrons. The summed E-state index contributed by atoms with van der Waals surface area (Å²) >= 11 is 0. The standard InChI is InChI=1S/C52H44BN3.C46H32BN3O.C36H33BN2OSi2/c1-4-14-33(15-5-1)36-24-26-46-40(28-36)42-32-43-41-31-39(54(37-18-6-2-7-19-37)38-20-8-3-9-21-38)25-27-47(41)56-49-30-35-17-11-10-16-34(35)29-45(49)53-44-22-12-13-23-48(44)55(46)51(42)50(53)52(43)56;1-46(2)33-16-8-11-19-38(33)48(27-13-5-4-6-14-27)42-25-30-32-24-31-29-15-7-10-18-37(29)49-40-22-21-28(51-3)23-36(40)47-35-17-9-12-20-39(35)50(41(30)26-34(42)46)45(32)43(47)44(31)49;1-41(2,3)20-15-28-32-30(17-20)40-31-18-21(42(4,5)6)16-29-33(31)37(32)34-35-24(22-11-7-9-13-26(22)38(28)35)19-25-23-12-8-10-14-27(23)39(29)36(25)34/h1,4-5,10-17,22-32,37-38H,2-3,6-9,18-21H2;4-26H,1-3H3;7-19,30,32H,1-6H3. The molecule has 8 aliphatic heterocycles. The third kappa shape index (κ3) is 11.5. The largest absolute Gasteiger partial charge is 0.497 e. The molecule has 2 unspecified atom stereocenters. The molecule has 0 N–H and O–H groups in total. The van der Waals surface area contributed by atoms with Crippen molar-refractivity contribution in [2.24, 2.45) is 0 Å². The first-order valence-electron chi connectivity index (χ1n) is 54.6. The molecule has 0 radical (unpaired) electrons. The fraction of sp³-hybridized carbons (Fsp3) is 0.179. The minimum atomic E-state index is -1.62. The lowest BCUT2D eigenvalue weighted by atomic mass is 9.28. The first-order chi connectivity index (χ1) is 72.9. The number of allylic oxidation sites excluding steroid dienone is 2. The Bertz CT molecular complexity index is 10200. The third-order valence-corrected chi connectivity index (χ3v) is 41.1. The number of para-hydroxylation sites is 7. The first kappa shape index (κ1) is 85.4. The van der Waals surface area contributed by atoms with E-state index in [1.54, 1.807) is 7.11 Å². The molecule has 14 heterocycles. The summed E-state index contributed by atoms with van der Waals surface area (Å²) in [5.41, 5.74) is 45.1. The maximum absolute atomic E-state index is 7.23. The first-order valence-corrected chi connectivity index (χ1v) is 61.6. The van der Waals surface area contributed by atoms with Crippen molar-refractivity contribution in [1.82, 2.24) is 27.4 Å². The summed E-state index contributed by atoms with van der Waals surface area (Å²) in [6.45, 7) is 20.0. The van der Waals surface area contributed by atoms with Crippen LogP contribution in [0.5, 0.6) is 11.5 Å². The topological polar surface area (TPSA) is 54.5 Å². The highest BCUT2D eigenvalue weighted by molar-refractivity contribution is 7.02. The van der Waals surface area contributed by atoms with Gasteiger partial charge in [0.15, 0.2) is 0 Å². The second-order valence-electron chi connectivity index (χ2n) is 47.2. The summed E-state index contributed by atoms with van der Waals surface area (Å²) in [4.78, 5) is 5.41. The number of methoxy groups -OCH3 is 1. The van der Waals surface area contributed by atoms with Gasteiger partial charge in [0.2, 0.25) is 6.71 Å². The van der Waals surface area contributed by atoms with Crippen molar-refractivity contribution >= 4 is 255 Å². The van der Waals surface area contributed by atoms with Crippen molar-refractivity contribution in [3.63, 3.8) is 0 Å². The zero-order valence-electron chi connectivity index (χ0n) is 85.5. The molecule has 2 atom stereocenters. The Morgan fingerprint density at radius 2 is 0.819 bits per heavy atom. The smallest absolute Gasteiger partial charge is 0.252 e. The van der Waals surface area contributed by atoms with Gasteiger partial charge in [-0.1, -0.05) is 296 Å². The number of hydrogen-bond acceptors (Lipinski definition) is 4. The molecule has 10 nitrogen and oxygen atoms in total. The van der Waals surface area contributed by atoms with Crippen LogP contribution < -0.4 is 68.2 Å². The van der Waals surface area contributed by atoms with Gasteiger partial charge in [-0.2, -0.15) is 0 Å². The molecule has 6 aromatic heterocycles. The lowest BCUT2D eigenvalue weighted by Crippen LogP contribution is -2.61. The average molecular weight is 1950 g/mol. The molecular weight excluding hydrogens is 1840 g/mol. The minimum absolute atomic E-state index is 0.0320. The van der Waals surface area contributed by atoms with Crippen molar-refractivity contribution < 1.29 is 9.47 Å². The van der Waals surface area contributed by atoms with Crippen LogP contribution in [0.15, 0.2) is 357 Å². The zero-order chi connectivity index (χ0) is 98.7. The summed E-state index contributed by atoms with van der Waals surface area (Å²) < 4.78 is 28.7. The SMILES string of the molecule is COc1ccc2c(c1)B1c3ccccc3-n3c4cc5c(cc4c4cc6c7ccccc7n-2c6c1c43)N(c1ccccc1)c1ccccc1C5(C)C.C[Si](C)(C)C1=CC2Oc3cc([Si](C)(C)C)cc4c3B3c5c6c(cc7c8ccccc8n-4c57)c4ccccc4n6C(=C1)C32.c1ccc(-c2ccc3c(c2)c2cc4c5cc(N(C6CCCCC6)C6CCCCC6)ccc5n5c4c4c2n3-c2ccccc2B4c2cc3ccccc3cc2-5)cc1. The molecule has 149 heavy (non-hydrogen) atoms. The summed E-state index contributed by atoms with van der Waals surface area (Å²) in [7, 11) is -1.46. The van der Waals surface area contributed by atoms with E-state index in [2.05, 4.69) is 442 Å². The second-order valence-corrected chi connectivity index (χ2v) is 57.3. The van der Waals surface area contributed by atoms with Gasteiger partial charge in [0, 0.05) is 133 Å². The van der Waals surface area contributed by atoms with Gasteiger partial charge in [0.05, 0.1) is 101 Å². The summed E-state index contributed by atoms with van der Waals surface area (Å²) in [5.74, 6) is 2.25. The van der Waals surface area contributed by atoms with E-state index in [0.717, 1.165) is 11.5 Å². The Morgan fingerprint density at radius 1 is 0.336 bits per heavy atom. The van der Waals surface area contributed by atoms with Crippen LogP contribution in [0.25, 0.3) is 187 Å². The van der Waals surface area contributed by atoms with E-state index in [-0.39, 0.29) is 37.5 Å². The quantitative estimate of drug-likeness (QED) is 0.142. The number of anilines is 4. The summed E-state index contributed by atoms with van der Waals surface area (Å²) in [6.07, 6.45) is 18.6. The molecule has 0 bridgehead atoms. The highest BCUT2D eigenvalue weighted by atomic mass is 28.3. The number of fused-ring (bicyclic) bond motifs is 35. The van der Waals surface area contributed by atoms with E-state index < -0.39 is 16.1 Å². The van der Waals surface area contributed by atoms with Crippen LogP contribution in [0, 0.1) is 0 Å². The minimum Gasteiger partial charge on any atom is -0.497 e. The van der Waals surface area contributed by atoms with Crippen LogP contribution in [0.1, 0.15) is 89.2 Å². The fourth-order valence-electron chi connectivity index (χ4n) is 30.6. The molecule has 0 spiro atoms. The van der Waals surface area contributed by atoms with Crippen molar-refractivity contribution in [3.8, 4) is 51.1 Å². The Labute approximate surface area is 868 Å². The maximum atomic E-state index is 7.23. The van der Waals surface area contributed by atoms with E-state index in [1.165, 1.54) is 339 Å². The average Bonchev–Trinajstić information content (AvgIpc) is 1.51. The Kier molecular flexibility index (Phi) is 17.5.